The first-order chi connectivity index (χ1) is 12.2. The van der Waals surface area contributed by atoms with Gasteiger partial charge in [-0.3, -0.25) is 4.79 Å². The highest BCUT2D eigenvalue weighted by Crippen LogP contribution is 2.35. The van der Waals surface area contributed by atoms with Crippen molar-refractivity contribution in [3.8, 4) is 23.0 Å². The van der Waals surface area contributed by atoms with E-state index in [1.54, 1.807) is 0 Å². The van der Waals surface area contributed by atoms with Gasteiger partial charge in [-0.05, 0) is 42.0 Å². The molecule has 1 atom stereocenters. The van der Waals surface area contributed by atoms with Crippen molar-refractivity contribution in [1.82, 2.24) is 0 Å². The van der Waals surface area contributed by atoms with E-state index in [2.05, 4.69) is 0 Å². The van der Waals surface area contributed by atoms with Crippen molar-refractivity contribution < 1.29 is 39.9 Å². The van der Waals surface area contributed by atoms with Crippen LogP contribution in [0.5, 0.6) is 23.0 Å². The van der Waals surface area contributed by atoms with E-state index in [-0.39, 0.29) is 22.4 Å². The van der Waals surface area contributed by atoms with Crippen molar-refractivity contribution in [3.05, 3.63) is 53.1 Å². The van der Waals surface area contributed by atoms with Gasteiger partial charge in [0.2, 0.25) is 5.78 Å². The lowest BCUT2D eigenvalue weighted by atomic mass is 9.86. The van der Waals surface area contributed by atoms with Crippen molar-refractivity contribution in [2.45, 2.75) is 5.60 Å². The van der Waals surface area contributed by atoms with Crippen molar-refractivity contribution >= 4 is 17.8 Å². The van der Waals surface area contributed by atoms with E-state index >= 15 is 0 Å². The van der Waals surface area contributed by atoms with Crippen LogP contribution < -0.4 is 0 Å². The van der Waals surface area contributed by atoms with Gasteiger partial charge in [0.1, 0.15) is 6.61 Å². The molecule has 1 heterocycles. The van der Waals surface area contributed by atoms with Crippen LogP contribution in [-0.4, -0.2) is 49.5 Å². The number of Topliss-reactive ketones (excluding diaryl/α,β-unsaturated/α-hetero) is 1. The predicted octanol–water partition coefficient (Wildman–Crippen LogP) is 1.06. The topological polar surface area (TPSA) is 145 Å². The van der Waals surface area contributed by atoms with Gasteiger partial charge in [0.25, 0.3) is 0 Å². The molecular formula is C18H14O8. The smallest absolute Gasteiger partial charge is 0.337 e. The van der Waals surface area contributed by atoms with Crippen LogP contribution in [0.4, 0.5) is 0 Å². The van der Waals surface area contributed by atoms with Crippen LogP contribution in [0.25, 0.3) is 6.08 Å². The summed E-state index contributed by atoms with van der Waals surface area (Å²) < 4.78 is 4.80. The number of esters is 1. The second kappa shape index (κ2) is 6.08. The maximum atomic E-state index is 12.7. The van der Waals surface area contributed by atoms with E-state index in [1.165, 1.54) is 18.2 Å². The van der Waals surface area contributed by atoms with Crippen molar-refractivity contribution in [3.63, 3.8) is 0 Å². The Balaban J connectivity index is 2.04. The van der Waals surface area contributed by atoms with E-state index in [0.717, 1.165) is 24.3 Å². The summed E-state index contributed by atoms with van der Waals surface area (Å²) in [5, 5.41) is 48.5. The van der Waals surface area contributed by atoms with Gasteiger partial charge in [-0.2, -0.15) is 0 Å². The number of phenols is 4. The maximum Gasteiger partial charge on any atom is 0.337 e. The van der Waals surface area contributed by atoms with E-state index in [1.807, 2.05) is 0 Å². The Morgan fingerprint density at radius 1 is 0.962 bits per heavy atom. The molecule has 5 N–H and O–H groups in total. The SMILES string of the molecule is O=C1OCC(O)(C(=O)c2ccc(O)c(O)c2)/C1=C/c1ccc(O)c(O)c1. The third-order valence-electron chi connectivity index (χ3n) is 4.00. The van der Waals surface area contributed by atoms with Gasteiger partial charge < -0.3 is 30.3 Å². The van der Waals surface area contributed by atoms with Crippen LogP contribution in [0.15, 0.2) is 42.0 Å². The van der Waals surface area contributed by atoms with Gasteiger partial charge in [0.15, 0.2) is 28.6 Å². The summed E-state index contributed by atoms with van der Waals surface area (Å²) in [6.45, 7) is -0.623. The molecule has 3 rings (SSSR count). The summed E-state index contributed by atoms with van der Waals surface area (Å²) in [6.07, 6.45) is 1.16. The van der Waals surface area contributed by atoms with Crippen molar-refractivity contribution in [2.75, 3.05) is 6.61 Å². The second-order valence-corrected chi connectivity index (χ2v) is 5.78. The minimum atomic E-state index is -2.31. The summed E-state index contributed by atoms with van der Waals surface area (Å²) in [7, 11) is 0. The van der Waals surface area contributed by atoms with Gasteiger partial charge in [-0.25, -0.2) is 4.79 Å². The number of cyclic esters (lactones) is 1. The quantitative estimate of drug-likeness (QED) is 0.237. The average molecular weight is 358 g/mol. The number of aromatic hydroxyl groups is 4. The first-order valence-electron chi connectivity index (χ1n) is 7.43. The molecule has 26 heavy (non-hydrogen) atoms. The lowest BCUT2D eigenvalue weighted by Gasteiger charge is -2.19. The van der Waals surface area contributed by atoms with Crippen LogP contribution in [0, 0.1) is 0 Å². The first-order valence-corrected chi connectivity index (χ1v) is 7.43. The van der Waals surface area contributed by atoms with Gasteiger partial charge >= 0.3 is 5.97 Å². The molecule has 1 saturated heterocycles. The highest BCUT2D eigenvalue weighted by molar-refractivity contribution is 6.14. The largest absolute Gasteiger partial charge is 0.504 e. The summed E-state index contributed by atoms with van der Waals surface area (Å²) in [5.41, 5.74) is -2.57. The molecule has 134 valence electrons. The molecule has 1 aliphatic heterocycles. The molecule has 8 heteroatoms. The molecule has 0 bridgehead atoms. The number of ketones is 1. The average Bonchev–Trinajstić information content (AvgIpc) is 2.89. The monoisotopic (exact) mass is 358 g/mol. The standard InChI is InChI=1S/C18H14O8/c19-12-3-1-9(6-14(12)21)5-11-17(24)26-8-18(11,25)16(23)10-2-4-13(20)15(22)7-10/h1-7,19-22,25H,8H2/b11-5+. The highest BCUT2D eigenvalue weighted by Gasteiger charge is 2.50. The van der Waals surface area contributed by atoms with Crippen molar-refractivity contribution in [2.24, 2.45) is 0 Å². The first kappa shape index (κ1) is 17.3. The third-order valence-corrected chi connectivity index (χ3v) is 4.00. The number of aliphatic hydroxyl groups is 1. The van der Waals surface area contributed by atoms with Crippen LogP contribution in [-0.2, 0) is 9.53 Å². The van der Waals surface area contributed by atoms with Gasteiger partial charge in [-0.15, -0.1) is 0 Å². The van der Waals surface area contributed by atoms with Gasteiger partial charge in [0, 0.05) is 5.56 Å². The Hall–Kier alpha value is -3.52. The molecule has 1 aliphatic rings. The number of carbonyl (C=O) groups excluding carboxylic acids is 2. The minimum Gasteiger partial charge on any atom is -0.504 e. The fraction of sp³-hybridized carbons (Fsp3) is 0.111. The Morgan fingerprint density at radius 2 is 1.58 bits per heavy atom. The molecule has 1 unspecified atom stereocenters. The lowest BCUT2D eigenvalue weighted by Crippen LogP contribution is -2.41. The summed E-state index contributed by atoms with van der Waals surface area (Å²) in [6, 6.07) is 6.91. The number of hydrogen-bond donors (Lipinski definition) is 5. The zero-order valence-electron chi connectivity index (χ0n) is 13.2. The molecule has 1 fully saturated rings. The van der Waals surface area contributed by atoms with Gasteiger partial charge in [-0.1, -0.05) is 6.07 Å². The second-order valence-electron chi connectivity index (χ2n) is 5.78. The number of ether oxygens (including phenoxy) is 1. The zero-order valence-corrected chi connectivity index (χ0v) is 13.2. The zero-order chi connectivity index (χ0) is 19.1. The number of rotatable bonds is 3. The fourth-order valence-electron chi connectivity index (χ4n) is 2.56. The molecule has 0 aliphatic carbocycles. The Labute approximate surface area is 146 Å². The molecule has 0 aromatic heterocycles. The summed E-state index contributed by atoms with van der Waals surface area (Å²) >= 11 is 0. The number of phenolic OH excluding ortho intramolecular Hbond substituents is 4. The molecule has 0 saturated carbocycles. The Bertz CT molecular complexity index is 946. The predicted molar refractivity (Wildman–Crippen MR) is 87.8 cm³/mol. The fourth-order valence-corrected chi connectivity index (χ4v) is 2.56. The summed E-state index contributed by atoms with van der Waals surface area (Å²) in [5.74, 6) is -3.64. The number of carbonyl (C=O) groups is 2. The molecule has 0 amide bonds. The normalized spacial score (nSPS) is 21.0. The van der Waals surface area contributed by atoms with Crippen LogP contribution in [0.2, 0.25) is 0 Å². The van der Waals surface area contributed by atoms with Gasteiger partial charge in [0.05, 0.1) is 5.57 Å². The molecule has 2 aromatic rings. The van der Waals surface area contributed by atoms with E-state index in [4.69, 9.17) is 4.74 Å². The Kier molecular flexibility index (Phi) is 4.05. The summed E-state index contributed by atoms with van der Waals surface area (Å²) in [4.78, 5) is 24.7. The van der Waals surface area contributed by atoms with Crippen molar-refractivity contribution in [1.29, 1.82) is 0 Å². The molecule has 8 nitrogen and oxygen atoms in total. The van der Waals surface area contributed by atoms with Crippen LogP contribution in [0.3, 0.4) is 0 Å². The molecule has 0 radical (unpaired) electrons. The van der Waals surface area contributed by atoms with Crippen LogP contribution >= 0.6 is 0 Å². The Morgan fingerprint density at radius 3 is 2.19 bits per heavy atom. The van der Waals surface area contributed by atoms with E-state index < -0.39 is 41.2 Å². The minimum absolute atomic E-state index is 0.138. The number of benzene rings is 2. The van der Waals surface area contributed by atoms with E-state index in [9.17, 15) is 35.1 Å². The number of hydrogen-bond acceptors (Lipinski definition) is 8. The highest BCUT2D eigenvalue weighted by atomic mass is 16.6. The molecular weight excluding hydrogens is 344 g/mol. The molecule has 2 aromatic carbocycles. The molecule has 0 spiro atoms. The van der Waals surface area contributed by atoms with Crippen LogP contribution in [0.1, 0.15) is 15.9 Å². The third kappa shape index (κ3) is 2.82. The lowest BCUT2D eigenvalue weighted by molar-refractivity contribution is -0.135. The maximum absolute atomic E-state index is 12.7. The van der Waals surface area contributed by atoms with E-state index in [0.29, 0.717) is 0 Å².